The highest BCUT2D eigenvalue weighted by Gasteiger charge is 2.26. The summed E-state index contributed by atoms with van der Waals surface area (Å²) in [6, 6.07) is 15.5. The number of halogens is 1. The van der Waals surface area contributed by atoms with Gasteiger partial charge in [-0.1, -0.05) is 24.3 Å². The van der Waals surface area contributed by atoms with Gasteiger partial charge in [0.1, 0.15) is 5.82 Å². The number of hydrogen-bond donors (Lipinski definition) is 1. The summed E-state index contributed by atoms with van der Waals surface area (Å²) in [4.78, 5) is 15.4. The quantitative estimate of drug-likeness (QED) is 0.638. The maximum atomic E-state index is 13.3. The molecule has 1 N–H and O–H groups in total. The number of nitrogens with one attached hydrogen (secondary N) is 1. The van der Waals surface area contributed by atoms with E-state index in [0.717, 1.165) is 32.0 Å². The smallest absolute Gasteiger partial charge is 0.253 e. The molecule has 1 amide bonds. The zero-order chi connectivity index (χ0) is 21.1. The fourth-order valence-corrected chi connectivity index (χ4v) is 4.99. The number of carbonyl (C=O) groups excluding carboxylic acids is 1. The summed E-state index contributed by atoms with van der Waals surface area (Å²) in [5.74, 6) is -0.379. The van der Waals surface area contributed by atoms with Crippen molar-refractivity contribution in [1.29, 1.82) is 5.26 Å². The largest absolute Gasteiger partial charge is 0.376 e. The number of benzene rings is 2. The van der Waals surface area contributed by atoms with Crippen molar-refractivity contribution in [3.05, 3.63) is 91.9 Å². The summed E-state index contributed by atoms with van der Waals surface area (Å²) in [6.07, 6.45) is 1.29. The lowest BCUT2D eigenvalue weighted by molar-refractivity contribution is 0.0931. The molecule has 1 atom stereocenters. The van der Waals surface area contributed by atoms with Crippen molar-refractivity contribution >= 4 is 17.2 Å². The molecule has 1 aliphatic rings. The molecule has 0 bridgehead atoms. The molecule has 0 radical (unpaired) electrons. The number of nitrogens with zero attached hydrogens (tertiary/aromatic N) is 1. The van der Waals surface area contributed by atoms with Gasteiger partial charge in [0.15, 0.2) is 0 Å². The van der Waals surface area contributed by atoms with Crippen LogP contribution in [-0.4, -0.2) is 12.5 Å². The summed E-state index contributed by atoms with van der Waals surface area (Å²) in [6.45, 7) is 3.06. The molecule has 0 aliphatic carbocycles. The molecule has 0 saturated heterocycles. The van der Waals surface area contributed by atoms with Crippen molar-refractivity contribution < 1.29 is 13.9 Å². The molecule has 1 unspecified atom stereocenters. The van der Waals surface area contributed by atoms with E-state index in [-0.39, 0.29) is 17.8 Å². The molecule has 1 aliphatic heterocycles. The third-order valence-corrected chi connectivity index (χ3v) is 6.49. The number of carbonyl (C=O) groups is 1. The van der Waals surface area contributed by atoms with Crippen LogP contribution in [0.2, 0.25) is 0 Å². The van der Waals surface area contributed by atoms with Gasteiger partial charge in [-0.05, 0) is 54.3 Å². The molecule has 6 heteroatoms. The fraction of sp³-hybridized carbons (Fsp3) is 0.250. The SMILES string of the molecule is CC(NC(=O)c1c(Cc2ccc(F)cc2)sc2c1CCOC2)c1ccc(C#N)cc1. The van der Waals surface area contributed by atoms with Crippen LogP contribution in [0.15, 0.2) is 48.5 Å². The Balaban J connectivity index is 1.61. The van der Waals surface area contributed by atoms with Gasteiger partial charge in [0, 0.05) is 16.2 Å². The van der Waals surface area contributed by atoms with Gasteiger partial charge in [-0.15, -0.1) is 11.3 Å². The second kappa shape index (κ2) is 8.78. The molecule has 3 aromatic rings. The van der Waals surface area contributed by atoms with Crippen molar-refractivity contribution in [2.24, 2.45) is 0 Å². The van der Waals surface area contributed by atoms with Crippen LogP contribution >= 0.6 is 11.3 Å². The predicted molar refractivity (Wildman–Crippen MR) is 114 cm³/mol. The number of hydrogen-bond acceptors (Lipinski definition) is 4. The Hall–Kier alpha value is -3.01. The first-order valence-corrected chi connectivity index (χ1v) is 10.6. The molecule has 0 saturated carbocycles. The Kier molecular flexibility index (Phi) is 5.93. The highest BCUT2D eigenvalue weighted by Crippen LogP contribution is 2.34. The molecule has 0 fully saturated rings. The average Bonchev–Trinajstić information content (AvgIpc) is 3.13. The molecule has 0 spiro atoms. The predicted octanol–water partition coefficient (Wildman–Crippen LogP) is 4.91. The van der Waals surface area contributed by atoms with Crippen LogP contribution in [0.5, 0.6) is 0 Å². The van der Waals surface area contributed by atoms with Crippen LogP contribution in [-0.2, 0) is 24.2 Å². The first-order chi connectivity index (χ1) is 14.5. The molecule has 152 valence electrons. The average molecular weight is 421 g/mol. The summed E-state index contributed by atoms with van der Waals surface area (Å²) in [5, 5.41) is 12.1. The van der Waals surface area contributed by atoms with Gasteiger partial charge in [0.25, 0.3) is 5.91 Å². The van der Waals surface area contributed by atoms with Crippen molar-refractivity contribution in [3.8, 4) is 6.07 Å². The van der Waals surface area contributed by atoms with Crippen molar-refractivity contribution in [2.75, 3.05) is 6.61 Å². The minimum atomic E-state index is -0.271. The van der Waals surface area contributed by atoms with E-state index in [1.165, 1.54) is 12.1 Å². The third kappa shape index (κ3) is 4.28. The van der Waals surface area contributed by atoms with Gasteiger partial charge in [0.2, 0.25) is 0 Å². The van der Waals surface area contributed by atoms with E-state index in [2.05, 4.69) is 11.4 Å². The molecule has 4 rings (SSSR count). The number of thiophene rings is 1. The first kappa shape index (κ1) is 20.3. The van der Waals surface area contributed by atoms with Crippen LogP contribution in [0.1, 0.15) is 55.3 Å². The Morgan fingerprint density at radius 1 is 1.23 bits per heavy atom. The normalized spacial score (nSPS) is 13.9. The topological polar surface area (TPSA) is 62.1 Å². The van der Waals surface area contributed by atoms with E-state index in [9.17, 15) is 9.18 Å². The first-order valence-electron chi connectivity index (χ1n) is 9.81. The number of nitriles is 1. The van der Waals surface area contributed by atoms with E-state index in [4.69, 9.17) is 10.00 Å². The van der Waals surface area contributed by atoms with E-state index in [1.807, 2.05) is 19.1 Å². The van der Waals surface area contributed by atoms with E-state index in [1.54, 1.807) is 35.6 Å². The molecule has 2 aromatic carbocycles. The van der Waals surface area contributed by atoms with Gasteiger partial charge < -0.3 is 10.1 Å². The monoisotopic (exact) mass is 420 g/mol. The second-order valence-corrected chi connectivity index (χ2v) is 8.53. The molecular weight excluding hydrogens is 399 g/mol. The molecular formula is C24H21FN2O2S. The second-order valence-electron chi connectivity index (χ2n) is 7.34. The van der Waals surface area contributed by atoms with Crippen molar-refractivity contribution in [1.82, 2.24) is 5.32 Å². The van der Waals surface area contributed by atoms with Crippen LogP contribution in [0.4, 0.5) is 4.39 Å². The number of rotatable bonds is 5. The van der Waals surface area contributed by atoms with E-state index < -0.39 is 0 Å². The standard InChI is InChI=1S/C24H21FN2O2S/c1-15(18-6-2-17(13-26)3-7-18)27-24(28)23-20-10-11-29-14-22(20)30-21(23)12-16-4-8-19(25)9-5-16/h2-9,15H,10-12,14H2,1H3,(H,27,28). The van der Waals surface area contributed by atoms with Crippen LogP contribution in [0.25, 0.3) is 0 Å². The number of fused-ring (bicyclic) bond motifs is 1. The minimum absolute atomic E-state index is 0.108. The Bertz CT molecular complexity index is 1100. The Morgan fingerprint density at radius 2 is 1.97 bits per heavy atom. The Labute approximate surface area is 178 Å². The van der Waals surface area contributed by atoms with E-state index in [0.29, 0.717) is 31.6 Å². The van der Waals surface area contributed by atoms with Gasteiger partial charge in [-0.2, -0.15) is 5.26 Å². The number of amides is 1. The molecule has 4 nitrogen and oxygen atoms in total. The van der Waals surface area contributed by atoms with Crippen LogP contribution < -0.4 is 5.32 Å². The summed E-state index contributed by atoms with van der Waals surface area (Å²) in [7, 11) is 0. The maximum absolute atomic E-state index is 13.3. The van der Waals surface area contributed by atoms with Crippen molar-refractivity contribution in [3.63, 3.8) is 0 Å². The zero-order valence-electron chi connectivity index (χ0n) is 16.6. The lowest BCUT2D eigenvalue weighted by atomic mass is 9.99. The van der Waals surface area contributed by atoms with Gasteiger partial charge in [-0.3, -0.25) is 4.79 Å². The molecule has 30 heavy (non-hydrogen) atoms. The molecule has 2 heterocycles. The summed E-state index contributed by atoms with van der Waals surface area (Å²) >= 11 is 1.60. The lowest BCUT2D eigenvalue weighted by Gasteiger charge is -2.17. The highest BCUT2D eigenvalue weighted by molar-refractivity contribution is 7.12. The summed E-state index contributed by atoms with van der Waals surface area (Å²) in [5.41, 5.74) is 4.28. The fourth-order valence-electron chi connectivity index (χ4n) is 3.66. The van der Waals surface area contributed by atoms with Crippen LogP contribution in [0, 0.1) is 17.1 Å². The summed E-state index contributed by atoms with van der Waals surface area (Å²) < 4.78 is 18.9. The van der Waals surface area contributed by atoms with Gasteiger partial charge >= 0.3 is 0 Å². The Morgan fingerprint density at radius 3 is 2.67 bits per heavy atom. The lowest BCUT2D eigenvalue weighted by Crippen LogP contribution is -2.28. The van der Waals surface area contributed by atoms with Crippen LogP contribution in [0.3, 0.4) is 0 Å². The van der Waals surface area contributed by atoms with Gasteiger partial charge in [0.05, 0.1) is 36.5 Å². The zero-order valence-corrected chi connectivity index (χ0v) is 17.4. The third-order valence-electron chi connectivity index (χ3n) is 5.29. The molecule has 1 aromatic heterocycles. The maximum Gasteiger partial charge on any atom is 0.253 e. The minimum Gasteiger partial charge on any atom is -0.376 e. The number of ether oxygens (including phenoxy) is 1. The highest BCUT2D eigenvalue weighted by atomic mass is 32.1. The van der Waals surface area contributed by atoms with Crippen molar-refractivity contribution in [2.45, 2.75) is 32.4 Å². The van der Waals surface area contributed by atoms with E-state index >= 15 is 0 Å². The van der Waals surface area contributed by atoms with Gasteiger partial charge in [-0.25, -0.2) is 4.39 Å².